The monoisotopic (exact) mass is 467 g/mol. The van der Waals surface area contributed by atoms with Crippen LogP contribution in [0.25, 0.3) is 0 Å². The number of para-hydroxylation sites is 1. The van der Waals surface area contributed by atoms with Crippen LogP contribution in [-0.2, 0) is 15.9 Å². The number of nitrogens with zero attached hydrogens (tertiary/aromatic N) is 1. The lowest BCUT2D eigenvalue weighted by Gasteiger charge is -2.23. The number of unbranched alkanes of at least 4 members (excludes halogenated alkanes) is 2. The number of hydrogen-bond acceptors (Lipinski definition) is 7. The standard InChI is InChI=1S/C24H41N3O6/c1-5-7-13-25-23(28)32-18-16-27(17-19-33-24(29)26-14-8-6-2)15-12-20-10-9-11-21(30-3)22(20)31-4/h9-11H,5-8,12-19H2,1-4H3,(H,25,28)(H,26,29). The van der Waals surface area contributed by atoms with Crippen molar-refractivity contribution in [2.45, 2.75) is 46.0 Å². The smallest absolute Gasteiger partial charge is 0.407 e. The Morgan fingerprint density at radius 1 is 0.848 bits per heavy atom. The van der Waals surface area contributed by atoms with Crippen molar-refractivity contribution in [1.29, 1.82) is 0 Å². The molecule has 0 spiro atoms. The molecule has 0 fully saturated rings. The second-order valence-electron chi connectivity index (χ2n) is 7.58. The van der Waals surface area contributed by atoms with E-state index < -0.39 is 12.2 Å². The third-order valence-corrected chi connectivity index (χ3v) is 5.06. The Bertz CT molecular complexity index is 658. The van der Waals surface area contributed by atoms with Gasteiger partial charge in [0.2, 0.25) is 0 Å². The first kappa shape index (κ1) is 28.4. The topological polar surface area (TPSA) is 98.4 Å². The Morgan fingerprint density at radius 3 is 1.91 bits per heavy atom. The van der Waals surface area contributed by atoms with E-state index in [0.717, 1.165) is 31.2 Å². The molecule has 0 atom stereocenters. The summed E-state index contributed by atoms with van der Waals surface area (Å²) in [5, 5.41) is 5.48. The minimum absolute atomic E-state index is 0.246. The Balaban J connectivity index is 2.59. The fourth-order valence-corrected chi connectivity index (χ4v) is 3.14. The van der Waals surface area contributed by atoms with Crippen molar-refractivity contribution in [3.8, 4) is 11.5 Å². The summed E-state index contributed by atoms with van der Waals surface area (Å²) >= 11 is 0. The molecule has 1 rings (SSSR count). The van der Waals surface area contributed by atoms with Gasteiger partial charge in [-0.05, 0) is 30.9 Å². The summed E-state index contributed by atoms with van der Waals surface area (Å²) in [4.78, 5) is 25.7. The number of carbonyl (C=O) groups excluding carboxylic acids is 2. The van der Waals surface area contributed by atoms with Gasteiger partial charge in [0.1, 0.15) is 13.2 Å². The van der Waals surface area contributed by atoms with Crippen molar-refractivity contribution in [3.05, 3.63) is 23.8 Å². The summed E-state index contributed by atoms with van der Waals surface area (Å²) in [6.45, 7) is 7.55. The Kier molecular flexibility index (Phi) is 15.3. The van der Waals surface area contributed by atoms with Crippen LogP contribution < -0.4 is 20.1 Å². The Labute approximate surface area is 198 Å². The molecule has 0 aromatic heterocycles. The minimum atomic E-state index is -0.413. The molecule has 0 saturated carbocycles. The molecule has 9 nitrogen and oxygen atoms in total. The third-order valence-electron chi connectivity index (χ3n) is 5.06. The number of rotatable bonds is 17. The lowest BCUT2D eigenvalue weighted by molar-refractivity contribution is 0.107. The maximum absolute atomic E-state index is 11.8. The van der Waals surface area contributed by atoms with Crippen LogP contribution in [0.1, 0.15) is 45.1 Å². The van der Waals surface area contributed by atoms with Crippen LogP contribution in [0.2, 0.25) is 0 Å². The number of alkyl carbamates (subject to hydrolysis) is 2. The molecule has 0 unspecified atom stereocenters. The van der Waals surface area contributed by atoms with Crippen LogP contribution in [0.15, 0.2) is 18.2 Å². The average Bonchev–Trinajstić information content (AvgIpc) is 2.82. The lowest BCUT2D eigenvalue weighted by Crippen LogP contribution is -2.36. The number of nitrogens with one attached hydrogen (secondary N) is 2. The van der Waals surface area contributed by atoms with Crippen LogP contribution in [-0.4, -0.2) is 77.2 Å². The van der Waals surface area contributed by atoms with Crippen LogP contribution in [0, 0.1) is 0 Å². The van der Waals surface area contributed by atoms with Crippen molar-refractivity contribution in [3.63, 3.8) is 0 Å². The highest BCUT2D eigenvalue weighted by Gasteiger charge is 2.13. The highest BCUT2D eigenvalue weighted by molar-refractivity contribution is 5.67. The average molecular weight is 468 g/mol. The Morgan fingerprint density at radius 2 is 1.42 bits per heavy atom. The zero-order chi connectivity index (χ0) is 24.3. The van der Waals surface area contributed by atoms with E-state index in [2.05, 4.69) is 29.4 Å². The molecule has 1 aromatic carbocycles. The molecule has 0 radical (unpaired) electrons. The van der Waals surface area contributed by atoms with Crippen molar-refractivity contribution in [1.82, 2.24) is 15.5 Å². The summed E-state index contributed by atoms with van der Waals surface area (Å²) in [6, 6.07) is 5.78. The highest BCUT2D eigenvalue weighted by atomic mass is 16.6. The zero-order valence-corrected chi connectivity index (χ0v) is 20.6. The fraction of sp³-hybridized carbons (Fsp3) is 0.667. The molecule has 0 aliphatic rings. The van der Waals surface area contributed by atoms with Crippen LogP contribution in [0.4, 0.5) is 9.59 Å². The van der Waals surface area contributed by atoms with Gasteiger partial charge in [-0.15, -0.1) is 0 Å². The quantitative estimate of drug-likeness (QED) is 0.338. The first-order chi connectivity index (χ1) is 16.0. The molecular formula is C24H41N3O6. The summed E-state index contributed by atoms with van der Waals surface area (Å²) < 4.78 is 21.5. The molecule has 0 aliphatic carbocycles. The summed E-state index contributed by atoms with van der Waals surface area (Å²) in [5.41, 5.74) is 1.01. The summed E-state index contributed by atoms with van der Waals surface area (Å²) in [5.74, 6) is 1.39. The summed E-state index contributed by atoms with van der Waals surface area (Å²) in [6.07, 6.45) is 3.73. The van der Waals surface area contributed by atoms with Crippen molar-refractivity contribution >= 4 is 12.2 Å². The first-order valence-electron chi connectivity index (χ1n) is 11.8. The third kappa shape index (κ3) is 12.2. The van der Waals surface area contributed by atoms with Gasteiger partial charge in [-0.1, -0.05) is 38.8 Å². The van der Waals surface area contributed by atoms with Crippen LogP contribution >= 0.6 is 0 Å². The maximum Gasteiger partial charge on any atom is 0.407 e. The van der Waals surface area contributed by atoms with Gasteiger partial charge in [-0.25, -0.2) is 9.59 Å². The molecule has 0 aliphatic heterocycles. The highest BCUT2D eigenvalue weighted by Crippen LogP contribution is 2.30. The molecule has 33 heavy (non-hydrogen) atoms. The van der Waals surface area contributed by atoms with E-state index in [9.17, 15) is 9.59 Å². The van der Waals surface area contributed by atoms with E-state index in [1.807, 2.05) is 18.2 Å². The second-order valence-corrected chi connectivity index (χ2v) is 7.58. The first-order valence-corrected chi connectivity index (χ1v) is 11.8. The Hall–Kier alpha value is -2.68. The van der Waals surface area contributed by atoms with Gasteiger partial charge in [0, 0.05) is 32.7 Å². The van der Waals surface area contributed by atoms with Gasteiger partial charge in [0.25, 0.3) is 0 Å². The molecule has 0 heterocycles. The van der Waals surface area contributed by atoms with Gasteiger partial charge in [-0.3, -0.25) is 4.90 Å². The number of carbonyl (C=O) groups is 2. The van der Waals surface area contributed by atoms with Gasteiger partial charge in [0.15, 0.2) is 11.5 Å². The van der Waals surface area contributed by atoms with Crippen LogP contribution in [0.3, 0.4) is 0 Å². The van der Waals surface area contributed by atoms with Gasteiger partial charge in [0.05, 0.1) is 14.2 Å². The predicted octanol–water partition coefficient (Wildman–Crippen LogP) is 3.60. The number of benzene rings is 1. The minimum Gasteiger partial charge on any atom is -0.493 e. The van der Waals surface area contributed by atoms with Crippen molar-refractivity contribution < 1.29 is 28.5 Å². The summed E-state index contributed by atoms with van der Waals surface area (Å²) in [7, 11) is 3.23. The predicted molar refractivity (Wildman–Crippen MR) is 128 cm³/mol. The number of methoxy groups -OCH3 is 2. The van der Waals surface area contributed by atoms with Crippen LogP contribution in [0.5, 0.6) is 11.5 Å². The van der Waals surface area contributed by atoms with E-state index in [1.165, 1.54) is 0 Å². The number of amides is 2. The van der Waals surface area contributed by atoms with E-state index >= 15 is 0 Å². The van der Waals surface area contributed by atoms with Crippen molar-refractivity contribution in [2.24, 2.45) is 0 Å². The normalized spacial score (nSPS) is 10.6. The van der Waals surface area contributed by atoms with Crippen molar-refractivity contribution in [2.75, 3.05) is 60.2 Å². The van der Waals surface area contributed by atoms with Gasteiger partial charge in [-0.2, -0.15) is 0 Å². The van der Waals surface area contributed by atoms with Gasteiger partial charge < -0.3 is 29.6 Å². The van der Waals surface area contributed by atoms with E-state index in [1.54, 1.807) is 14.2 Å². The number of ether oxygens (including phenoxy) is 4. The lowest BCUT2D eigenvalue weighted by atomic mass is 10.1. The molecule has 2 N–H and O–H groups in total. The van der Waals surface area contributed by atoms with Gasteiger partial charge >= 0.3 is 12.2 Å². The zero-order valence-electron chi connectivity index (χ0n) is 20.6. The molecule has 188 valence electrons. The van der Waals surface area contributed by atoms with E-state index in [-0.39, 0.29) is 13.2 Å². The molecular weight excluding hydrogens is 426 g/mol. The maximum atomic E-state index is 11.8. The van der Waals surface area contributed by atoms with E-state index in [0.29, 0.717) is 50.6 Å². The second kappa shape index (κ2) is 17.8. The molecule has 2 amide bonds. The molecule has 0 saturated heterocycles. The molecule has 1 aromatic rings. The molecule has 0 bridgehead atoms. The van der Waals surface area contributed by atoms with E-state index in [4.69, 9.17) is 18.9 Å². The SMILES string of the molecule is CCCCNC(=O)OCCN(CCOC(=O)NCCCC)CCc1cccc(OC)c1OC. The fourth-order valence-electron chi connectivity index (χ4n) is 3.14. The number of hydrogen-bond donors (Lipinski definition) is 2. The largest absolute Gasteiger partial charge is 0.493 e. The molecule has 9 heteroatoms.